The molecule has 2 heterocycles. The van der Waals surface area contributed by atoms with Crippen LogP contribution in [0, 0.1) is 0 Å². The van der Waals surface area contributed by atoms with Gasteiger partial charge in [-0.2, -0.15) is 4.98 Å². The maximum absolute atomic E-state index is 12.1. The van der Waals surface area contributed by atoms with Crippen LogP contribution in [-0.4, -0.2) is 38.1 Å². The molecule has 2 rings (SSSR count). The SMILES string of the molecule is CCC(CC)(CN)NC(=O)CCc1nc(-c2ncccn2)no1. The molecule has 2 aromatic heterocycles. The zero-order valence-electron chi connectivity index (χ0n) is 13.5. The molecule has 2 aromatic rings. The number of hydrogen-bond donors (Lipinski definition) is 2. The van der Waals surface area contributed by atoms with Crippen molar-refractivity contribution in [2.75, 3.05) is 6.54 Å². The molecule has 0 bridgehead atoms. The fourth-order valence-corrected chi connectivity index (χ4v) is 2.21. The quantitative estimate of drug-likeness (QED) is 0.747. The van der Waals surface area contributed by atoms with E-state index in [9.17, 15) is 4.79 Å². The summed E-state index contributed by atoms with van der Waals surface area (Å²) in [7, 11) is 0. The molecule has 0 saturated heterocycles. The lowest BCUT2D eigenvalue weighted by atomic mass is 9.92. The zero-order chi connectivity index (χ0) is 16.7. The molecular formula is C15H22N6O2. The summed E-state index contributed by atoms with van der Waals surface area (Å²) in [5.74, 6) is 1.02. The monoisotopic (exact) mass is 318 g/mol. The lowest BCUT2D eigenvalue weighted by Gasteiger charge is -2.31. The van der Waals surface area contributed by atoms with Crippen molar-refractivity contribution in [2.45, 2.75) is 45.1 Å². The Hall–Kier alpha value is -2.35. The molecule has 124 valence electrons. The number of carbonyl (C=O) groups is 1. The summed E-state index contributed by atoms with van der Waals surface area (Å²) in [5, 5.41) is 6.83. The number of hydrogen-bond acceptors (Lipinski definition) is 7. The Labute approximate surface area is 134 Å². The fourth-order valence-electron chi connectivity index (χ4n) is 2.21. The van der Waals surface area contributed by atoms with E-state index in [1.807, 2.05) is 13.8 Å². The van der Waals surface area contributed by atoms with Gasteiger partial charge in [-0.05, 0) is 18.9 Å². The van der Waals surface area contributed by atoms with Crippen LogP contribution in [0.4, 0.5) is 0 Å². The van der Waals surface area contributed by atoms with E-state index in [1.54, 1.807) is 18.5 Å². The van der Waals surface area contributed by atoms with Crippen molar-refractivity contribution in [1.29, 1.82) is 0 Å². The molecule has 0 aliphatic carbocycles. The van der Waals surface area contributed by atoms with Crippen molar-refractivity contribution in [2.24, 2.45) is 5.73 Å². The van der Waals surface area contributed by atoms with Gasteiger partial charge in [-0.25, -0.2) is 9.97 Å². The van der Waals surface area contributed by atoms with Crippen LogP contribution in [0.1, 0.15) is 39.0 Å². The number of aryl methyl sites for hydroxylation is 1. The molecule has 8 nitrogen and oxygen atoms in total. The number of nitrogens with zero attached hydrogens (tertiary/aromatic N) is 4. The first-order valence-corrected chi connectivity index (χ1v) is 7.73. The van der Waals surface area contributed by atoms with E-state index in [4.69, 9.17) is 10.3 Å². The van der Waals surface area contributed by atoms with E-state index in [2.05, 4.69) is 25.4 Å². The predicted molar refractivity (Wildman–Crippen MR) is 84.2 cm³/mol. The van der Waals surface area contributed by atoms with Gasteiger partial charge in [0, 0.05) is 31.8 Å². The third-order valence-electron chi connectivity index (χ3n) is 3.95. The van der Waals surface area contributed by atoms with Gasteiger partial charge in [-0.1, -0.05) is 19.0 Å². The maximum Gasteiger partial charge on any atom is 0.240 e. The number of nitrogens with two attached hydrogens (primary N) is 1. The Morgan fingerprint density at radius 2 is 1.96 bits per heavy atom. The lowest BCUT2D eigenvalue weighted by molar-refractivity contribution is -0.123. The summed E-state index contributed by atoms with van der Waals surface area (Å²) in [6.07, 6.45) is 5.42. The standard InChI is InChI=1S/C15H22N6O2/c1-3-15(4-2,10-16)20-11(22)6-7-12-19-14(21-23-12)13-17-8-5-9-18-13/h5,8-9H,3-4,6-7,10,16H2,1-2H3,(H,20,22). The molecule has 8 heteroatoms. The Morgan fingerprint density at radius 3 is 2.57 bits per heavy atom. The van der Waals surface area contributed by atoms with Gasteiger partial charge in [-0.3, -0.25) is 4.79 Å². The maximum atomic E-state index is 12.1. The zero-order valence-corrected chi connectivity index (χ0v) is 13.5. The van der Waals surface area contributed by atoms with Crippen LogP contribution in [0.15, 0.2) is 23.0 Å². The first-order chi connectivity index (χ1) is 11.1. The Kier molecular flexibility index (Phi) is 5.75. The third-order valence-corrected chi connectivity index (χ3v) is 3.95. The van der Waals surface area contributed by atoms with Crippen LogP contribution in [0.3, 0.4) is 0 Å². The molecule has 0 unspecified atom stereocenters. The third kappa shape index (κ3) is 4.32. The summed E-state index contributed by atoms with van der Waals surface area (Å²) in [6, 6.07) is 1.71. The first-order valence-electron chi connectivity index (χ1n) is 7.73. The number of amides is 1. The molecular weight excluding hydrogens is 296 g/mol. The van der Waals surface area contributed by atoms with Gasteiger partial charge in [0.05, 0.1) is 5.54 Å². The fraction of sp³-hybridized carbons (Fsp3) is 0.533. The average Bonchev–Trinajstić information content (AvgIpc) is 3.08. The van der Waals surface area contributed by atoms with Crippen molar-refractivity contribution >= 4 is 5.91 Å². The van der Waals surface area contributed by atoms with Gasteiger partial charge < -0.3 is 15.6 Å². The van der Waals surface area contributed by atoms with E-state index in [0.717, 1.165) is 12.8 Å². The smallest absolute Gasteiger partial charge is 0.240 e. The summed E-state index contributed by atoms with van der Waals surface area (Å²) in [6.45, 7) is 4.45. The van der Waals surface area contributed by atoms with Crippen molar-refractivity contribution in [3.63, 3.8) is 0 Å². The Bertz CT molecular complexity index is 616. The minimum Gasteiger partial charge on any atom is -0.349 e. The largest absolute Gasteiger partial charge is 0.349 e. The second-order valence-corrected chi connectivity index (χ2v) is 5.32. The van der Waals surface area contributed by atoms with Crippen molar-refractivity contribution in [3.8, 4) is 11.6 Å². The number of carbonyl (C=O) groups excluding carboxylic acids is 1. The summed E-state index contributed by atoms with van der Waals surface area (Å²) in [5.41, 5.74) is 5.44. The van der Waals surface area contributed by atoms with E-state index >= 15 is 0 Å². The minimum absolute atomic E-state index is 0.0742. The van der Waals surface area contributed by atoms with Gasteiger partial charge in [0.15, 0.2) is 0 Å². The molecule has 0 aromatic carbocycles. The van der Waals surface area contributed by atoms with Crippen LogP contribution in [-0.2, 0) is 11.2 Å². The second-order valence-electron chi connectivity index (χ2n) is 5.32. The van der Waals surface area contributed by atoms with E-state index in [0.29, 0.717) is 30.5 Å². The minimum atomic E-state index is -0.338. The topological polar surface area (TPSA) is 120 Å². The molecule has 0 spiro atoms. The average molecular weight is 318 g/mol. The normalized spacial score (nSPS) is 11.4. The highest BCUT2D eigenvalue weighted by Gasteiger charge is 2.26. The second kappa shape index (κ2) is 7.77. The molecule has 1 amide bonds. The first kappa shape index (κ1) is 17.0. The van der Waals surface area contributed by atoms with Crippen molar-refractivity contribution in [1.82, 2.24) is 25.4 Å². The molecule has 3 N–H and O–H groups in total. The van der Waals surface area contributed by atoms with Crippen LogP contribution in [0.2, 0.25) is 0 Å². The molecule has 0 radical (unpaired) electrons. The van der Waals surface area contributed by atoms with Crippen molar-refractivity contribution in [3.05, 3.63) is 24.4 Å². The van der Waals surface area contributed by atoms with Crippen LogP contribution >= 0.6 is 0 Å². The van der Waals surface area contributed by atoms with Gasteiger partial charge in [0.2, 0.25) is 23.4 Å². The molecule has 0 saturated carbocycles. The number of nitrogens with one attached hydrogen (secondary N) is 1. The summed E-state index contributed by atoms with van der Waals surface area (Å²) in [4.78, 5) is 24.4. The number of aromatic nitrogens is 4. The Morgan fingerprint density at radius 1 is 1.26 bits per heavy atom. The molecule has 23 heavy (non-hydrogen) atoms. The highest BCUT2D eigenvalue weighted by molar-refractivity contribution is 5.77. The van der Waals surface area contributed by atoms with Gasteiger partial charge in [0.25, 0.3) is 0 Å². The van der Waals surface area contributed by atoms with Crippen LogP contribution < -0.4 is 11.1 Å². The van der Waals surface area contributed by atoms with Crippen LogP contribution in [0.5, 0.6) is 0 Å². The molecule has 0 fully saturated rings. The van der Waals surface area contributed by atoms with Gasteiger partial charge in [-0.15, -0.1) is 0 Å². The van der Waals surface area contributed by atoms with E-state index in [1.165, 1.54) is 0 Å². The van der Waals surface area contributed by atoms with Gasteiger partial charge in [0.1, 0.15) is 0 Å². The number of rotatable bonds is 8. The molecule has 0 aliphatic heterocycles. The van der Waals surface area contributed by atoms with E-state index < -0.39 is 0 Å². The summed E-state index contributed by atoms with van der Waals surface area (Å²) >= 11 is 0. The highest BCUT2D eigenvalue weighted by atomic mass is 16.5. The molecule has 0 aliphatic rings. The highest BCUT2D eigenvalue weighted by Crippen LogP contribution is 2.14. The lowest BCUT2D eigenvalue weighted by Crippen LogP contribution is -2.52. The summed E-state index contributed by atoms with van der Waals surface area (Å²) < 4.78 is 5.13. The molecule has 0 atom stereocenters. The van der Waals surface area contributed by atoms with Crippen molar-refractivity contribution < 1.29 is 9.32 Å². The Balaban J connectivity index is 1.91. The van der Waals surface area contributed by atoms with Crippen LogP contribution in [0.25, 0.3) is 11.6 Å². The van der Waals surface area contributed by atoms with Gasteiger partial charge >= 0.3 is 0 Å². The predicted octanol–water partition coefficient (Wildman–Crippen LogP) is 1.09. The van der Waals surface area contributed by atoms with E-state index in [-0.39, 0.29) is 17.9 Å².